The SMILES string of the molecule is CSC[C@H](O)[C@H](O)CNCc1c[nH]c2cncnc12. The number of H-pyrrole nitrogens is 1. The van der Waals surface area contributed by atoms with Gasteiger partial charge in [-0.15, -0.1) is 0 Å². The van der Waals surface area contributed by atoms with Gasteiger partial charge in [-0.3, -0.25) is 0 Å². The summed E-state index contributed by atoms with van der Waals surface area (Å²) in [6, 6.07) is 0. The van der Waals surface area contributed by atoms with E-state index < -0.39 is 12.2 Å². The van der Waals surface area contributed by atoms with Gasteiger partial charge in [0.05, 0.1) is 29.4 Å². The molecule has 7 heteroatoms. The van der Waals surface area contributed by atoms with Gasteiger partial charge in [0.25, 0.3) is 0 Å². The lowest BCUT2D eigenvalue weighted by molar-refractivity contribution is 0.0347. The second-order valence-electron chi connectivity index (χ2n) is 4.32. The number of hydrogen-bond acceptors (Lipinski definition) is 6. The molecule has 0 amide bonds. The predicted octanol–water partition coefficient (Wildman–Crippen LogP) is 0.132. The number of rotatable bonds is 7. The number of aliphatic hydroxyl groups is 2. The van der Waals surface area contributed by atoms with Gasteiger partial charge in [-0.25, -0.2) is 9.97 Å². The second kappa shape index (κ2) is 6.85. The Morgan fingerprint density at radius 2 is 2.26 bits per heavy atom. The molecule has 4 N–H and O–H groups in total. The summed E-state index contributed by atoms with van der Waals surface area (Å²) in [5, 5.41) is 22.5. The van der Waals surface area contributed by atoms with Gasteiger partial charge in [0.1, 0.15) is 6.33 Å². The zero-order valence-electron chi connectivity index (χ0n) is 10.7. The number of nitrogens with zero attached hydrogens (tertiary/aromatic N) is 2. The summed E-state index contributed by atoms with van der Waals surface area (Å²) in [4.78, 5) is 11.2. The van der Waals surface area contributed by atoms with Crippen molar-refractivity contribution in [3.05, 3.63) is 24.3 Å². The molecule has 0 aliphatic rings. The molecule has 0 radical (unpaired) electrons. The fraction of sp³-hybridized carbons (Fsp3) is 0.500. The van der Waals surface area contributed by atoms with Crippen LogP contribution in [0.1, 0.15) is 5.56 Å². The highest BCUT2D eigenvalue weighted by atomic mass is 32.2. The third kappa shape index (κ3) is 3.66. The molecule has 2 rings (SSSR count). The van der Waals surface area contributed by atoms with Gasteiger partial charge in [-0.05, 0) is 6.26 Å². The molecule has 6 nitrogen and oxygen atoms in total. The smallest absolute Gasteiger partial charge is 0.116 e. The Morgan fingerprint density at radius 3 is 3.05 bits per heavy atom. The number of thioether (sulfide) groups is 1. The van der Waals surface area contributed by atoms with Gasteiger partial charge in [0.15, 0.2) is 0 Å². The maximum Gasteiger partial charge on any atom is 0.116 e. The number of nitrogens with one attached hydrogen (secondary N) is 2. The molecule has 104 valence electrons. The maximum atomic E-state index is 9.73. The lowest BCUT2D eigenvalue weighted by Crippen LogP contribution is -2.37. The number of aliphatic hydroxyl groups excluding tert-OH is 2. The fourth-order valence-corrected chi connectivity index (χ4v) is 2.40. The van der Waals surface area contributed by atoms with Crippen LogP contribution >= 0.6 is 11.8 Å². The summed E-state index contributed by atoms with van der Waals surface area (Å²) in [5.74, 6) is 0.531. The monoisotopic (exact) mass is 282 g/mol. The third-order valence-electron chi connectivity index (χ3n) is 2.87. The van der Waals surface area contributed by atoms with E-state index in [0.29, 0.717) is 18.8 Å². The van der Waals surface area contributed by atoms with E-state index in [1.54, 1.807) is 6.20 Å². The van der Waals surface area contributed by atoms with Crippen LogP contribution in [-0.4, -0.2) is 55.9 Å². The van der Waals surface area contributed by atoms with Crippen molar-refractivity contribution in [1.82, 2.24) is 20.3 Å². The number of hydrogen-bond donors (Lipinski definition) is 4. The molecule has 0 bridgehead atoms. The molecular weight excluding hydrogens is 264 g/mol. The average molecular weight is 282 g/mol. The summed E-state index contributed by atoms with van der Waals surface area (Å²) in [6.07, 6.45) is 5.55. The minimum atomic E-state index is -0.757. The minimum absolute atomic E-state index is 0.347. The molecule has 0 saturated carbocycles. The van der Waals surface area contributed by atoms with Crippen LogP contribution in [0.3, 0.4) is 0 Å². The van der Waals surface area contributed by atoms with Crippen molar-refractivity contribution in [2.75, 3.05) is 18.6 Å². The lowest BCUT2D eigenvalue weighted by Gasteiger charge is -2.17. The van der Waals surface area contributed by atoms with E-state index in [4.69, 9.17) is 0 Å². The minimum Gasteiger partial charge on any atom is -0.390 e. The summed E-state index contributed by atoms with van der Waals surface area (Å²) in [7, 11) is 0. The van der Waals surface area contributed by atoms with Crippen molar-refractivity contribution in [2.24, 2.45) is 0 Å². The number of fused-ring (bicyclic) bond motifs is 1. The second-order valence-corrected chi connectivity index (χ2v) is 5.23. The van der Waals surface area contributed by atoms with E-state index in [1.807, 2.05) is 12.5 Å². The van der Waals surface area contributed by atoms with Gasteiger partial charge < -0.3 is 20.5 Å². The van der Waals surface area contributed by atoms with Crippen molar-refractivity contribution in [3.63, 3.8) is 0 Å². The molecular formula is C12H18N4O2S. The predicted molar refractivity (Wildman–Crippen MR) is 76.0 cm³/mol. The first-order valence-electron chi connectivity index (χ1n) is 6.04. The standard InChI is InChI=1S/C12H18N4O2S/c1-19-6-11(18)10(17)5-13-2-8-3-15-9-4-14-7-16-12(8)9/h3-4,7,10-11,13,15,17-18H,2,5-6H2,1H3/t10-,11+/m1/s1. The van der Waals surface area contributed by atoms with Crippen molar-refractivity contribution in [2.45, 2.75) is 18.8 Å². The van der Waals surface area contributed by atoms with Gasteiger partial charge >= 0.3 is 0 Å². The zero-order chi connectivity index (χ0) is 13.7. The topological polar surface area (TPSA) is 94.1 Å². The fourth-order valence-electron chi connectivity index (χ4n) is 1.83. The van der Waals surface area contributed by atoms with E-state index in [0.717, 1.165) is 16.6 Å². The quantitative estimate of drug-likeness (QED) is 0.577. The Morgan fingerprint density at radius 1 is 1.42 bits per heavy atom. The maximum absolute atomic E-state index is 9.73. The average Bonchev–Trinajstić information content (AvgIpc) is 2.82. The van der Waals surface area contributed by atoms with Crippen LogP contribution in [0.15, 0.2) is 18.7 Å². The third-order valence-corrected chi connectivity index (χ3v) is 3.54. The molecule has 2 aromatic rings. The highest BCUT2D eigenvalue weighted by Crippen LogP contribution is 2.13. The molecule has 0 spiro atoms. The van der Waals surface area contributed by atoms with Crippen LogP contribution in [0.4, 0.5) is 0 Å². The summed E-state index contributed by atoms with van der Waals surface area (Å²) in [6.45, 7) is 0.930. The van der Waals surface area contributed by atoms with Crippen LogP contribution in [0.2, 0.25) is 0 Å². The molecule has 0 aliphatic heterocycles. The summed E-state index contributed by atoms with van der Waals surface area (Å²) < 4.78 is 0. The van der Waals surface area contributed by atoms with Crippen LogP contribution in [0.25, 0.3) is 11.0 Å². The molecule has 0 aromatic carbocycles. The largest absolute Gasteiger partial charge is 0.390 e. The van der Waals surface area contributed by atoms with Crippen molar-refractivity contribution >= 4 is 22.8 Å². The van der Waals surface area contributed by atoms with E-state index in [1.165, 1.54) is 18.1 Å². The molecule has 0 unspecified atom stereocenters. The Balaban J connectivity index is 1.86. The van der Waals surface area contributed by atoms with E-state index >= 15 is 0 Å². The van der Waals surface area contributed by atoms with Gasteiger partial charge in [-0.1, -0.05) is 0 Å². The molecule has 19 heavy (non-hydrogen) atoms. The number of aromatic nitrogens is 3. The van der Waals surface area contributed by atoms with Crippen molar-refractivity contribution < 1.29 is 10.2 Å². The molecule has 2 aromatic heterocycles. The summed E-state index contributed by atoms with van der Waals surface area (Å²) in [5.41, 5.74) is 2.79. The van der Waals surface area contributed by atoms with Gasteiger partial charge in [0, 0.05) is 30.6 Å². The van der Waals surface area contributed by atoms with E-state index in [9.17, 15) is 10.2 Å². The highest BCUT2D eigenvalue weighted by Gasteiger charge is 2.15. The Hall–Kier alpha value is -1.15. The van der Waals surface area contributed by atoms with Gasteiger partial charge in [0.2, 0.25) is 0 Å². The van der Waals surface area contributed by atoms with Crippen LogP contribution in [0, 0.1) is 0 Å². The lowest BCUT2D eigenvalue weighted by atomic mass is 10.2. The Bertz CT molecular complexity index is 519. The zero-order valence-corrected chi connectivity index (χ0v) is 11.5. The van der Waals surface area contributed by atoms with Crippen LogP contribution < -0.4 is 5.32 Å². The highest BCUT2D eigenvalue weighted by molar-refractivity contribution is 7.98. The Kier molecular flexibility index (Phi) is 5.15. The van der Waals surface area contributed by atoms with Crippen molar-refractivity contribution in [3.8, 4) is 0 Å². The Labute approximate surface area is 115 Å². The normalized spacial score (nSPS) is 14.7. The van der Waals surface area contributed by atoms with Crippen molar-refractivity contribution in [1.29, 1.82) is 0 Å². The van der Waals surface area contributed by atoms with E-state index in [2.05, 4.69) is 20.3 Å². The molecule has 0 saturated heterocycles. The molecule has 0 aliphatic carbocycles. The number of aromatic amines is 1. The van der Waals surface area contributed by atoms with E-state index in [-0.39, 0.29) is 0 Å². The van der Waals surface area contributed by atoms with Crippen LogP contribution in [-0.2, 0) is 6.54 Å². The summed E-state index contributed by atoms with van der Waals surface area (Å²) >= 11 is 1.51. The molecule has 0 fully saturated rings. The van der Waals surface area contributed by atoms with Gasteiger partial charge in [-0.2, -0.15) is 11.8 Å². The van der Waals surface area contributed by atoms with Crippen LogP contribution in [0.5, 0.6) is 0 Å². The first-order valence-corrected chi connectivity index (χ1v) is 7.43. The first-order chi connectivity index (χ1) is 9.22. The molecule has 2 heterocycles. The molecule has 2 atom stereocenters. The first kappa shape index (κ1) is 14.3.